The van der Waals surface area contributed by atoms with E-state index in [4.69, 9.17) is 10.5 Å². The van der Waals surface area contributed by atoms with Crippen molar-refractivity contribution >= 4 is 39.9 Å². The number of hydrogen-bond donors (Lipinski definition) is 2. The number of benzene rings is 2. The Balaban J connectivity index is 2.18. The maximum Gasteiger partial charge on any atom is 0.255 e. The fourth-order valence-corrected chi connectivity index (χ4v) is 2.10. The van der Waals surface area contributed by atoms with Crippen LogP contribution in [-0.4, -0.2) is 12.5 Å². The molecule has 4 nitrogen and oxygen atoms in total. The summed E-state index contributed by atoms with van der Waals surface area (Å²) in [6.07, 6.45) is 0. The molecule has 0 aliphatic heterocycles. The van der Waals surface area contributed by atoms with E-state index >= 15 is 0 Å². The summed E-state index contributed by atoms with van der Waals surface area (Å²) in [6.45, 7) is 2.41. The van der Waals surface area contributed by atoms with Crippen molar-refractivity contribution < 1.29 is 9.53 Å². The smallest absolute Gasteiger partial charge is 0.255 e. The highest BCUT2D eigenvalue weighted by atomic mass is 127. The van der Waals surface area contributed by atoms with E-state index in [2.05, 4.69) is 27.9 Å². The van der Waals surface area contributed by atoms with Crippen LogP contribution in [0.5, 0.6) is 5.75 Å². The number of ether oxygens (including phenoxy) is 1. The summed E-state index contributed by atoms with van der Waals surface area (Å²) in [5.74, 6) is 0.389. The van der Waals surface area contributed by atoms with Crippen LogP contribution in [0.3, 0.4) is 0 Å². The number of halogens is 1. The van der Waals surface area contributed by atoms with Crippen LogP contribution in [-0.2, 0) is 0 Å². The SMILES string of the molecule is CCOc1cc(N)cc(C(=O)Nc2ccc(I)cc2)c1. The lowest BCUT2D eigenvalue weighted by Gasteiger charge is -2.09. The Labute approximate surface area is 131 Å². The molecule has 1 amide bonds. The van der Waals surface area contributed by atoms with Crippen LogP contribution in [0, 0.1) is 3.57 Å². The molecule has 0 spiro atoms. The van der Waals surface area contributed by atoms with Crippen molar-refractivity contribution in [2.24, 2.45) is 0 Å². The summed E-state index contributed by atoms with van der Waals surface area (Å²) >= 11 is 2.21. The highest BCUT2D eigenvalue weighted by Gasteiger charge is 2.09. The number of hydrogen-bond acceptors (Lipinski definition) is 3. The lowest BCUT2D eigenvalue weighted by atomic mass is 10.1. The zero-order valence-corrected chi connectivity index (χ0v) is 13.2. The standard InChI is InChI=1S/C15H15IN2O2/c1-2-20-14-8-10(7-12(17)9-14)15(19)18-13-5-3-11(16)4-6-13/h3-9H,2,17H2,1H3,(H,18,19). The first kappa shape index (κ1) is 14.6. The van der Waals surface area contributed by atoms with Gasteiger partial charge in [-0.3, -0.25) is 4.79 Å². The molecule has 0 aliphatic rings. The molecule has 0 heterocycles. The second-order valence-electron chi connectivity index (χ2n) is 4.18. The summed E-state index contributed by atoms with van der Waals surface area (Å²) in [5, 5.41) is 2.83. The minimum absolute atomic E-state index is 0.209. The van der Waals surface area contributed by atoms with Crippen LogP contribution in [0.1, 0.15) is 17.3 Å². The maximum atomic E-state index is 12.2. The molecule has 0 saturated carbocycles. The Kier molecular flexibility index (Phi) is 4.84. The molecular weight excluding hydrogens is 367 g/mol. The van der Waals surface area contributed by atoms with Crippen molar-refractivity contribution in [3.8, 4) is 5.75 Å². The Morgan fingerprint density at radius 3 is 2.60 bits per heavy atom. The van der Waals surface area contributed by atoms with Gasteiger partial charge in [0.25, 0.3) is 5.91 Å². The number of carbonyl (C=O) groups excluding carboxylic acids is 1. The molecule has 2 aromatic carbocycles. The van der Waals surface area contributed by atoms with E-state index in [1.165, 1.54) is 0 Å². The lowest BCUT2D eigenvalue weighted by molar-refractivity contribution is 0.102. The van der Waals surface area contributed by atoms with E-state index in [0.29, 0.717) is 23.6 Å². The van der Waals surface area contributed by atoms with Crippen molar-refractivity contribution in [2.45, 2.75) is 6.92 Å². The molecule has 0 unspecified atom stereocenters. The third-order valence-electron chi connectivity index (χ3n) is 2.60. The second-order valence-corrected chi connectivity index (χ2v) is 5.43. The van der Waals surface area contributed by atoms with Gasteiger partial charge < -0.3 is 15.8 Å². The average Bonchev–Trinajstić information content (AvgIpc) is 2.41. The van der Waals surface area contributed by atoms with Crippen molar-refractivity contribution in [3.63, 3.8) is 0 Å². The highest BCUT2D eigenvalue weighted by Crippen LogP contribution is 2.20. The quantitative estimate of drug-likeness (QED) is 0.628. The van der Waals surface area contributed by atoms with E-state index in [0.717, 1.165) is 9.26 Å². The second kappa shape index (κ2) is 6.60. The van der Waals surface area contributed by atoms with Gasteiger partial charge in [0.1, 0.15) is 5.75 Å². The van der Waals surface area contributed by atoms with Crippen molar-refractivity contribution in [1.82, 2.24) is 0 Å². The van der Waals surface area contributed by atoms with Crippen molar-refractivity contribution in [3.05, 3.63) is 51.6 Å². The summed E-state index contributed by atoms with van der Waals surface area (Å²) in [6, 6.07) is 12.6. The summed E-state index contributed by atoms with van der Waals surface area (Å²) < 4.78 is 6.50. The molecule has 5 heteroatoms. The zero-order chi connectivity index (χ0) is 14.5. The van der Waals surface area contributed by atoms with E-state index in [1.807, 2.05) is 31.2 Å². The van der Waals surface area contributed by atoms with Gasteiger partial charge in [-0.15, -0.1) is 0 Å². The molecule has 0 aliphatic carbocycles. The molecule has 0 atom stereocenters. The fourth-order valence-electron chi connectivity index (χ4n) is 1.74. The molecule has 0 fully saturated rings. The van der Waals surface area contributed by atoms with Gasteiger partial charge in [0.05, 0.1) is 6.61 Å². The van der Waals surface area contributed by atoms with Gasteiger partial charge in [0.2, 0.25) is 0 Å². The Morgan fingerprint density at radius 1 is 1.25 bits per heavy atom. The normalized spacial score (nSPS) is 10.1. The third kappa shape index (κ3) is 3.86. The van der Waals surface area contributed by atoms with Crippen LogP contribution in [0.25, 0.3) is 0 Å². The minimum Gasteiger partial charge on any atom is -0.494 e. The maximum absolute atomic E-state index is 12.2. The number of nitrogens with two attached hydrogens (primary N) is 1. The number of carbonyl (C=O) groups is 1. The van der Waals surface area contributed by atoms with Gasteiger partial charge in [0, 0.05) is 26.6 Å². The molecule has 0 radical (unpaired) electrons. The fraction of sp³-hybridized carbons (Fsp3) is 0.133. The zero-order valence-electron chi connectivity index (χ0n) is 11.0. The minimum atomic E-state index is -0.209. The Morgan fingerprint density at radius 2 is 1.95 bits per heavy atom. The van der Waals surface area contributed by atoms with E-state index in [1.54, 1.807) is 18.2 Å². The van der Waals surface area contributed by atoms with Crippen LogP contribution >= 0.6 is 22.6 Å². The number of amides is 1. The van der Waals surface area contributed by atoms with Crippen LogP contribution in [0.4, 0.5) is 11.4 Å². The molecule has 104 valence electrons. The molecular formula is C15H15IN2O2. The summed E-state index contributed by atoms with van der Waals surface area (Å²) in [7, 11) is 0. The van der Waals surface area contributed by atoms with Crippen LogP contribution < -0.4 is 15.8 Å². The Hall–Kier alpha value is -1.76. The molecule has 2 aromatic rings. The lowest BCUT2D eigenvalue weighted by Crippen LogP contribution is -2.12. The number of rotatable bonds is 4. The first-order chi connectivity index (χ1) is 9.58. The Bertz CT molecular complexity index is 612. The van der Waals surface area contributed by atoms with Crippen molar-refractivity contribution in [1.29, 1.82) is 0 Å². The van der Waals surface area contributed by atoms with E-state index < -0.39 is 0 Å². The average molecular weight is 382 g/mol. The van der Waals surface area contributed by atoms with E-state index in [-0.39, 0.29) is 5.91 Å². The number of nitrogen functional groups attached to an aromatic ring is 1. The van der Waals surface area contributed by atoms with Gasteiger partial charge >= 0.3 is 0 Å². The molecule has 2 rings (SSSR count). The third-order valence-corrected chi connectivity index (χ3v) is 3.32. The first-order valence-corrected chi connectivity index (χ1v) is 7.26. The predicted octanol–water partition coefficient (Wildman–Crippen LogP) is 3.52. The largest absolute Gasteiger partial charge is 0.494 e. The van der Waals surface area contributed by atoms with Gasteiger partial charge in [-0.05, 0) is 65.9 Å². The first-order valence-electron chi connectivity index (χ1n) is 6.19. The molecule has 0 aromatic heterocycles. The highest BCUT2D eigenvalue weighted by molar-refractivity contribution is 14.1. The molecule has 0 saturated heterocycles. The molecule has 0 bridgehead atoms. The number of nitrogens with one attached hydrogen (secondary N) is 1. The predicted molar refractivity (Wildman–Crippen MR) is 89.1 cm³/mol. The van der Waals surface area contributed by atoms with Crippen LogP contribution in [0.15, 0.2) is 42.5 Å². The van der Waals surface area contributed by atoms with E-state index in [9.17, 15) is 4.79 Å². The van der Waals surface area contributed by atoms with Gasteiger partial charge in [0.15, 0.2) is 0 Å². The number of anilines is 2. The van der Waals surface area contributed by atoms with Gasteiger partial charge in [-0.2, -0.15) is 0 Å². The van der Waals surface area contributed by atoms with Gasteiger partial charge in [-0.1, -0.05) is 0 Å². The van der Waals surface area contributed by atoms with Crippen LogP contribution in [0.2, 0.25) is 0 Å². The topological polar surface area (TPSA) is 64.3 Å². The van der Waals surface area contributed by atoms with Crippen molar-refractivity contribution in [2.75, 3.05) is 17.7 Å². The van der Waals surface area contributed by atoms with Gasteiger partial charge in [-0.25, -0.2) is 0 Å². The summed E-state index contributed by atoms with van der Waals surface area (Å²) in [4.78, 5) is 12.2. The summed E-state index contributed by atoms with van der Waals surface area (Å²) in [5.41, 5.74) is 7.51. The molecule has 3 N–H and O–H groups in total. The molecule has 20 heavy (non-hydrogen) atoms. The monoisotopic (exact) mass is 382 g/mol.